The maximum atomic E-state index is 13.5. The molecule has 0 bridgehead atoms. The van der Waals surface area contributed by atoms with Gasteiger partial charge in [-0.2, -0.15) is 0 Å². The van der Waals surface area contributed by atoms with Gasteiger partial charge in [0.05, 0.1) is 12.7 Å². The fraction of sp³-hybridized carbons (Fsp3) is 0.176. The molecule has 0 saturated carbocycles. The van der Waals surface area contributed by atoms with Gasteiger partial charge < -0.3 is 14.8 Å². The lowest BCUT2D eigenvalue weighted by Gasteiger charge is -2.09. The molecule has 0 saturated heterocycles. The van der Waals surface area contributed by atoms with E-state index in [2.05, 4.69) is 10.1 Å². The summed E-state index contributed by atoms with van der Waals surface area (Å²) in [5, 5.41) is 2.53. The standard InChI is InChI=1S/C17H16FNO4/c1-11-4-3-5-13(8-11)23-10-16(20)19-12-6-7-15(18)14(9-12)17(21)22-2/h3-9H,10H2,1-2H3,(H,19,20). The number of hydrogen-bond acceptors (Lipinski definition) is 4. The van der Waals surface area contributed by atoms with Crippen molar-refractivity contribution in [3.63, 3.8) is 0 Å². The average Bonchev–Trinajstić information content (AvgIpc) is 2.54. The first-order valence-electron chi connectivity index (χ1n) is 6.87. The number of hydrogen-bond donors (Lipinski definition) is 1. The van der Waals surface area contributed by atoms with Gasteiger partial charge in [-0.3, -0.25) is 4.79 Å². The minimum atomic E-state index is -0.811. The molecule has 0 radical (unpaired) electrons. The SMILES string of the molecule is COC(=O)c1cc(NC(=O)COc2cccc(C)c2)ccc1F. The van der Waals surface area contributed by atoms with Crippen LogP contribution in [0.2, 0.25) is 0 Å². The van der Waals surface area contributed by atoms with E-state index < -0.39 is 17.7 Å². The van der Waals surface area contributed by atoms with Crippen LogP contribution in [0.3, 0.4) is 0 Å². The number of aryl methyl sites for hydroxylation is 1. The van der Waals surface area contributed by atoms with Gasteiger partial charge in [0.25, 0.3) is 5.91 Å². The van der Waals surface area contributed by atoms with Crippen molar-refractivity contribution in [3.05, 3.63) is 59.4 Å². The van der Waals surface area contributed by atoms with Gasteiger partial charge in [-0.15, -0.1) is 0 Å². The van der Waals surface area contributed by atoms with Gasteiger partial charge in [0, 0.05) is 5.69 Å². The van der Waals surface area contributed by atoms with E-state index in [4.69, 9.17) is 4.74 Å². The van der Waals surface area contributed by atoms with Crippen molar-refractivity contribution >= 4 is 17.6 Å². The number of benzene rings is 2. The topological polar surface area (TPSA) is 64.6 Å². The molecule has 0 aliphatic carbocycles. The Bertz CT molecular complexity index is 730. The second kappa shape index (κ2) is 7.40. The van der Waals surface area contributed by atoms with E-state index in [0.717, 1.165) is 18.7 Å². The number of halogens is 1. The van der Waals surface area contributed by atoms with Gasteiger partial charge in [0.2, 0.25) is 0 Å². The number of nitrogens with one attached hydrogen (secondary N) is 1. The van der Waals surface area contributed by atoms with Gasteiger partial charge in [-0.25, -0.2) is 9.18 Å². The molecular formula is C17H16FNO4. The molecule has 0 fully saturated rings. The van der Waals surface area contributed by atoms with Crippen LogP contribution in [-0.2, 0) is 9.53 Å². The summed E-state index contributed by atoms with van der Waals surface area (Å²) < 4.78 is 23.4. The van der Waals surface area contributed by atoms with Crippen molar-refractivity contribution in [2.75, 3.05) is 19.0 Å². The van der Waals surface area contributed by atoms with E-state index in [0.29, 0.717) is 5.75 Å². The number of methoxy groups -OCH3 is 1. The van der Waals surface area contributed by atoms with Crippen LogP contribution >= 0.6 is 0 Å². The summed E-state index contributed by atoms with van der Waals surface area (Å²) in [7, 11) is 1.16. The van der Waals surface area contributed by atoms with E-state index in [1.165, 1.54) is 12.1 Å². The number of anilines is 1. The number of rotatable bonds is 5. The van der Waals surface area contributed by atoms with Crippen LogP contribution in [0.15, 0.2) is 42.5 Å². The second-order valence-corrected chi connectivity index (χ2v) is 4.84. The molecule has 0 aliphatic heterocycles. The minimum absolute atomic E-state index is 0.200. The fourth-order valence-electron chi connectivity index (χ4n) is 1.92. The van der Waals surface area contributed by atoms with E-state index in [1.54, 1.807) is 12.1 Å². The Morgan fingerprint density at radius 3 is 2.65 bits per heavy atom. The molecule has 2 aromatic rings. The van der Waals surface area contributed by atoms with E-state index in [-0.39, 0.29) is 17.9 Å². The number of amides is 1. The Hall–Kier alpha value is -2.89. The molecule has 0 spiro atoms. The zero-order valence-corrected chi connectivity index (χ0v) is 12.8. The molecular weight excluding hydrogens is 301 g/mol. The second-order valence-electron chi connectivity index (χ2n) is 4.84. The van der Waals surface area contributed by atoms with Crippen molar-refractivity contribution in [2.45, 2.75) is 6.92 Å². The van der Waals surface area contributed by atoms with Crippen LogP contribution in [0.5, 0.6) is 5.75 Å². The Kier molecular flexibility index (Phi) is 5.30. The summed E-state index contributed by atoms with van der Waals surface area (Å²) in [6, 6.07) is 10.9. The summed E-state index contributed by atoms with van der Waals surface area (Å²) in [5.41, 5.74) is 1.05. The number of carbonyl (C=O) groups excluding carboxylic acids is 2. The normalized spacial score (nSPS) is 10.0. The molecule has 1 amide bonds. The summed E-state index contributed by atoms with van der Waals surface area (Å²) in [6.07, 6.45) is 0. The zero-order valence-electron chi connectivity index (χ0n) is 12.8. The van der Waals surface area contributed by atoms with Crippen LogP contribution in [0.1, 0.15) is 15.9 Å². The molecule has 0 aliphatic rings. The highest BCUT2D eigenvalue weighted by atomic mass is 19.1. The number of carbonyl (C=O) groups is 2. The fourth-order valence-corrected chi connectivity index (χ4v) is 1.92. The summed E-state index contributed by atoms with van der Waals surface area (Å²) in [6.45, 7) is 1.72. The largest absolute Gasteiger partial charge is 0.484 e. The average molecular weight is 317 g/mol. The van der Waals surface area contributed by atoms with E-state index in [9.17, 15) is 14.0 Å². The van der Waals surface area contributed by atoms with Crippen LogP contribution in [-0.4, -0.2) is 25.6 Å². The van der Waals surface area contributed by atoms with Crippen molar-refractivity contribution in [3.8, 4) is 5.75 Å². The van der Waals surface area contributed by atoms with Crippen LogP contribution < -0.4 is 10.1 Å². The zero-order chi connectivity index (χ0) is 16.8. The van der Waals surface area contributed by atoms with Gasteiger partial charge in [0.1, 0.15) is 11.6 Å². The smallest absolute Gasteiger partial charge is 0.340 e. The molecule has 120 valence electrons. The van der Waals surface area contributed by atoms with Gasteiger partial charge in [-0.1, -0.05) is 12.1 Å². The Morgan fingerprint density at radius 1 is 1.17 bits per heavy atom. The molecule has 0 heterocycles. The maximum absolute atomic E-state index is 13.5. The number of esters is 1. The summed E-state index contributed by atoms with van der Waals surface area (Å²) in [5.74, 6) is -1.37. The summed E-state index contributed by atoms with van der Waals surface area (Å²) in [4.78, 5) is 23.3. The van der Waals surface area contributed by atoms with Crippen molar-refractivity contribution in [2.24, 2.45) is 0 Å². The lowest BCUT2D eigenvalue weighted by Crippen LogP contribution is -2.20. The van der Waals surface area contributed by atoms with Crippen molar-refractivity contribution in [1.29, 1.82) is 0 Å². The number of ether oxygens (including phenoxy) is 2. The first-order valence-corrected chi connectivity index (χ1v) is 6.87. The molecule has 5 nitrogen and oxygen atoms in total. The molecule has 1 N–H and O–H groups in total. The van der Waals surface area contributed by atoms with Gasteiger partial charge in [-0.05, 0) is 42.8 Å². The van der Waals surface area contributed by atoms with Gasteiger partial charge in [0.15, 0.2) is 6.61 Å². The molecule has 2 aromatic carbocycles. The predicted octanol–water partition coefficient (Wildman–Crippen LogP) is 2.94. The predicted molar refractivity (Wildman–Crippen MR) is 83.0 cm³/mol. The lowest BCUT2D eigenvalue weighted by molar-refractivity contribution is -0.118. The van der Waals surface area contributed by atoms with Crippen LogP contribution in [0.25, 0.3) is 0 Å². The molecule has 23 heavy (non-hydrogen) atoms. The van der Waals surface area contributed by atoms with Gasteiger partial charge >= 0.3 is 5.97 Å². The third-order valence-electron chi connectivity index (χ3n) is 3.01. The third kappa shape index (κ3) is 4.54. The highest BCUT2D eigenvalue weighted by molar-refractivity contribution is 5.95. The monoisotopic (exact) mass is 317 g/mol. The highest BCUT2D eigenvalue weighted by Gasteiger charge is 2.14. The van der Waals surface area contributed by atoms with Crippen molar-refractivity contribution < 1.29 is 23.5 Å². The van der Waals surface area contributed by atoms with E-state index in [1.807, 2.05) is 19.1 Å². The van der Waals surface area contributed by atoms with Crippen molar-refractivity contribution in [1.82, 2.24) is 0 Å². The molecule has 0 aromatic heterocycles. The molecule has 0 unspecified atom stereocenters. The molecule has 6 heteroatoms. The highest BCUT2D eigenvalue weighted by Crippen LogP contribution is 2.16. The van der Waals surface area contributed by atoms with E-state index >= 15 is 0 Å². The van der Waals surface area contributed by atoms with Crippen LogP contribution in [0.4, 0.5) is 10.1 Å². The lowest BCUT2D eigenvalue weighted by atomic mass is 10.2. The Balaban J connectivity index is 1.99. The first-order chi connectivity index (χ1) is 11.0. The third-order valence-corrected chi connectivity index (χ3v) is 3.01. The maximum Gasteiger partial charge on any atom is 0.340 e. The quantitative estimate of drug-likeness (QED) is 0.861. The Labute approximate surface area is 133 Å². The Morgan fingerprint density at radius 2 is 1.96 bits per heavy atom. The molecule has 0 atom stereocenters. The minimum Gasteiger partial charge on any atom is -0.484 e. The first kappa shape index (κ1) is 16.5. The van der Waals surface area contributed by atoms with Crippen LogP contribution in [0, 0.1) is 12.7 Å². The summed E-state index contributed by atoms with van der Waals surface area (Å²) >= 11 is 0. The molecule has 2 rings (SSSR count).